The molecule has 11 heteroatoms. The van der Waals surface area contributed by atoms with Crippen LogP contribution in [0, 0.1) is 16.0 Å². The fourth-order valence-corrected chi connectivity index (χ4v) is 1.93. The van der Waals surface area contributed by atoms with Gasteiger partial charge >= 0.3 is 12.1 Å². The summed E-state index contributed by atoms with van der Waals surface area (Å²) in [6, 6.07) is 3.45. The van der Waals surface area contributed by atoms with Crippen molar-refractivity contribution in [2.24, 2.45) is 11.7 Å². The lowest BCUT2D eigenvalue weighted by atomic mass is 10.1. The third-order valence-electron chi connectivity index (χ3n) is 3.25. The SMILES string of the molecule is CC(C)COC(=O)N[C@H](CC(N)=O)C(=O)OCC(=O)c1cccc([N+](=O)[O-])c1. The van der Waals surface area contributed by atoms with Crippen molar-refractivity contribution >= 4 is 29.4 Å². The number of hydrogen-bond acceptors (Lipinski definition) is 8. The average Bonchev–Trinajstić information content (AvgIpc) is 2.63. The molecule has 1 aromatic rings. The van der Waals surface area contributed by atoms with Crippen molar-refractivity contribution in [2.45, 2.75) is 26.3 Å². The van der Waals surface area contributed by atoms with Gasteiger partial charge in [0.15, 0.2) is 6.61 Å². The Hall–Kier alpha value is -3.50. The Morgan fingerprint density at radius 1 is 1.21 bits per heavy atom. The molecule has 0 radical (unpaired) electrons. The van der Waals surface area contributed by atoms with Gasteiger partial charge in [0.2, 0.25) is 11.7 Å². The Morgan fingerprint density at radius 3 is 2.46 bits per heavy atom. The number of carbonyl (C=O) groups is 4. The van der Waals surface area contributed by atoms with E-state index in [1.165, 1.54) is 18.2 Å². The van der Waals surface area contributed by atoms with Crippen LogP contribution in [0.5, 0.6) is 0 Å². The zero-order valence-corrected chi connectivity index (χ0v) is 15.4. The van der Waals surface area contributed by atoms with Crippen LogP contribution in [0.3, 0.4) is 0 Å². The highest BCUT2D eigenvalue weighted by molar-refractivity contribution is 5.99. The number of non-ortho nitro benzene ring substituents is 1. The second-order valence-corrected chi connectivity index (χ2v) is 6.20. The Balaban J connectivity index is 2.70. The molecule has 0 aliphatic heterocycles. The van der Waals surface area contributed by atoms with Gasteiger partial charge in [0, 0.05) is 17.7 Å². The molecule has 0 fully saturated rings. The van der Waals surface area contributed by atoms with Gasteiger partial charge < -0.3 is 20.5 Å². The first-order chi connectivity index (χ1) is 13.1. The lowest BCUT2D eigenvalue weighted by molar-refractivity contribution is -0.384. The third kappa shape index (κ3) is 7.81. The van der Waals surface area contributed by atoms with Crippen LogP contribution in [0.15, 0.2) is 24.3 Å². The number of nitrogens with zero attached hydrogens (tertiary/aromatic N) is 1. The molecule has 0 aromatic heterocycles. The number of nitrogens with one attached hydrogen (secondary N) is 1. The Kier molecular flexibility index (Phi) is 8.53. The van der Waals surface area contributed by atoms with Crippen LogP contribution < -0.4 is 11.1 Å². The molecule has 11 nitrogen and oxygen atoms in total. The predicted molar refractivity (Wildman–Crippen MR) is 95.3 cm³/mol. The highest BCUT2D eigenvalue weighted by Gasteiger charge is 2.26. The van der Waals surface area contributed by atoms with Gasteiger partial charge in [-0.15, -0.1) is 0 Å². The molecule has 1 aromatic carbocycles. The van der Waals surface area contributed by atoms with E-state index in [-0.39, 0.29) is 23.8 Å². The average molecular weight is 395 g/mol. The van der Waals surface area contributed by atoms with E-state index >= 15 is 0 Å². The van der Waals surface area contributed by atoms with Crippen LogP contribution in [0.2, 0.25) is 0 Å². The topological polar surface area (TPSA) is 168 Å². The number of benzene rings is 1. The first-order valence-corrected chi connectivity index (χ1v) is 8.26. The summed E-state index contributed by atoms with van der Waals surface area (Å²) in [6.07, 6.45) is -1.50. The van der Waals surface area contributed by atoms with E-state index in [1.807, 2.05) is 13.8 Å². The molecule has 3 N–H and O–H groups in total. The number of ketones is 1. The number of nitro benzene ring substituents is 1. The number of Topliss-reactive ketones (excluding diaryl/α,β-unsaturated/α-hetero) is 1. The molecule has 0 aliphatic rings. The Morgan fingerprint density at radius 2 is 1.89 bits per heavy atom. The van der Waals surface area contributed by atoms with Crippen molar-refractivity contribution in [1.82, 2.24) is 5.32 Å². The molecule has 0 bridgehead atoms. The molecule has 1 atom stereocenters. The number of amides is 2. The molecule has 0 heterocycles. The largest absolute Gasteiger partial charge is 0.456 e. The number of primary amides is 1. The summed E-state index contributed by atoms with van der Waals surface area (Å²) in [4.78, 5) is 57.0. The number of esters is 1. The van der Waals surface area contributed by atoms with Crippen LogP contribution in [0.25, 0.3) is 0 Å². The summed E-state index contributed by atoms with van der Waals surface area (Å²) < 4.78 is 9.67. The molecule has 1 rings (SSSR count). The minimum absolute atomic E-state index is 0.0299. The summed E-state index contributed by atoms with van der Waals surface area (Å²) in [5, 5.41) is 12.9. The summed E-state index contributed by atoms with van der Waals surface area (Å²) in [5.74, 6) is -2.59. The zero-order chi connectivity index (χ0) is 21.3. The molecular weight excluding hydrogens is 374 g/mol. The van der Waals surface area contributed by atoms with Gasteiger partial charge in [0.25, 0.3) is 5.69 Å². The van der Waals surface area contributed by atoms with Crippen molar-refractivity contribution in [2.75, 3.05) is 13.2 Å². The van der Waals surface area contributed by atoms with E-state index in [1.54, 1.807) is 0 Å². The van der Waals surface area contributed by atoms with E-state index in [0.29, 0.717) is 0 Å². The molecule has 0 aliphatic carbocycles. The molecular formula is C17H21N3O8. The highest BCUT2D eigenvalue weighted by Crippen LogP contribution is 2.13. The maximum absolute atomic E-state index is 12.1. The number of carbonyl (C=O) groups excluding carboxylic acids is 4. The van der Waals surface area contributed by atoms with E-state index in [0.717, 1.165) is 6.07 Å². The summed E-state index contributed by atoms with van der Waals surface area (Å²) in [6.45, 7) is 2.97. The van der Waals surface area contributed by atoms with E-state index < -0.39 is 47.7 Å². The van der Waals surface area contributed by atoms with Crippen LogP contribution in [0.4, 0.5) is 10.5 Å². The number of nitro groups is 1. The van der Waals surface area contributed by atoms with E-state index in [9.17, 15) is 29.3 Å². The minimum Gasteiger partial charge on any atom is -0.456 e. The van der Waals surface area contributed by atoms with Crippen LogP contribution in [0.1, 0.15) is 30.6 Å². The molecule has 152 valence electrons. The minimum atomic E-state index is -1.44. The van der Waals surface area contributed by atoms with Gasteiger partial charge in [-0.2, -0.15) is 0 Å². The van der Waals surface area contributed by atoms with Crippen molar-refractivity contribution < 1.29 is 33.6 Å². The lowest BCUT2D eigenvalue weighted by Gasteiger charge is -2.16. The van der Waals surface area contributed by atoms with E-state index in [2.05, 4.69) is 5.32 Å². The highest BCUT2D eigenvalue weighted by atomic mass is 16.6. The fraction of sp³-hybridized carbons (Fsp3) is 0.412. The van der Waals surface area contributed by atoms with E-state index in [4.69, 9.17) is 15.2 Å². The predicted octanol–water partition coefficient (Wildman–Crippen LogP) is 0.947. The van der Waals surface area contributed by atoms with Crippen LogP contribution in [-0.2, 0) is 19.1 Å². The zero-order valence-electron chi connectivity index (χ0n) is 15.4. The number of alkyl carbamates (subject to hydrolysis) is 1. The number of rotatable bonds is 10. The Labute approximate surface area is 160 Å². The second kappa shape index (κ2) is 10.6. The van der Waals surface area contributed by atoms with Crippen LogP contribution in [-0.4, -0.2) is 47.9 Å². The molecule has 2 amide bonds. The van der Waals surface area contributed by atoms with Gasteiger partial charge in [-0.05, 0) is 5.92 Å². The van der Waals surface area contributed by atoms with Crippen molar-refractivity contribution in [1.29, 1.82) is 0 Å². The maximum atomic E-state index is 12.1. The summed E-state index contributed by atoms with van der Waals surface area (Å²) in [5.41, 5.74) is 4.73. The molecule has 0 saturated heterocycles. The number of nitrogens with two attached hydrogens (primary N) is 1. The van der Waals surface area contributed by atoms with Gasteiger partial charge in [0.05, 0.1) is 18.0 Å². The van der Waals surface area contributed by atoms with Crippen molar-refractivity contribution in [3.8, 4) is 0 Å². The lowest BCUT2D eigenvalue weighted by Crippen LogP contribution is -2.45. The first-order valence-electron chi connectivity index (χ1n) is 8.26. The fourth-order valence-electron chi connectivity index (χ4n) is 1.93. The molecule has 0 saturated carbocycles. The molecule has 0 spiro atoms. The summed E-state index contributed by atoms with van der Waals surface area (Å²) >= 11 is 0. The van der Waals surface area contributed by atoms with Crippen molar-refractivity contribution in [3.05, 3.63) is 39.9 Å². The standard InChI is InChI=1S/C17H21N3O8/c1-10(2)8-28-17(24)19-13(7-15(18)22)16(23)27-9-14(21)11-4-3-5-12(6-11)20(25)26/h3-6,10,13H,7-9H2,1-2H3,(H2,18,22)(H,19,24)/t13-/m1/s1. The summed E-state index contributed by atoms with van der Waals surface area (Å²) in [7, 11) is 0. The normalized spacial score (nSPS) is 11.4. The van der Waals surface area contributed by atoms with Gasteiger partial charge in [-0.25, -0.2) is 9.59 Å². The molecule has 0 unspecified atom stereocenters. The quantitative estimate of drug-likeness (QED) is 0.255. The molecule has 28 heavy (non-hydrogen) atoms. The third-order valence-corrected chi connectivity index (χ3v) is 3.25. The Bertz CT molecular complexity index is 763. The van der Waals surface area contributed by atoms with Crippen molar-refractivity contribution in [3.63, 3.8) is 0 Å². The van der Waals surface area contributed by atoms with Gasteiger partial charge in [-0.1, -0.05) is 26.0 Å². The first kappa shape index (κ1) is 22.5. The number of ether oxygens (including phenoxy) is 2. The maximum Gasteiger partial charge on any atom is 0.407 e. The van der Waals surface area contributed by atoms with Gasteiger partial charge in [0.1, 0.15) is 6.04 Å². The van der Waals surface area contributed by atoms with Gasteiger partial charge in [-0.3, -0.25) is 19.7 Å². The second-order valence-electron chi connectivity index (χ2n) is 6.20. The monoisotopic (exact) mass is 395 g/mol. The smallest absolute Gasteiger partial charge is 0.407 e. The van der Waals surface area contributed by atoms with Crippen LogP contribution >= 0.6 is 0 Å². The number of hydrogen-bond donors (Lipinski definition) is 2.